The quantitative estimate of drug-likeness (QED) is 0.837. The molecule has 1 unspecified atom stereocenters. The number of anilines is 1. The van der Waals surface area contributed by atoms with Gasteiger partial charge in [0.25, 0.3) is 5.91 Å². The largest absolute Gasteiger partial charge is 0.358 e. The molecular formula is C14H17N3O2. The Balaban J connectivity index is 1.71. The lowest BCUT2D eigenvalue weighted by atomic mass is 10.2. The van der Waals surface area contributed by atoms with Crippen molar-refractivity contribution in [1.82, 2.24) is 9.88 Å². The third kappa shape index (κ3) is 2.32. The first kappa shape index (κ1) is 12.1. The number of rotatable bonds is 3. The zero-order chi connectivity index (χ0) is 13.2. The van der Waals surface area contributed by atoms with Crippen molar-refractivity contribution in [2.45, 2.75) is 44.2 Å². The second kappa shape index (κ2) is 4.99. The van der Waals surface area contributed by atoms with Gasteiger partial charge in [-0.2, -0.15) is 0 Å². The van der Waals surface area contributed by atoms with Crippen molar-refractivity contribution >= 4 is 17.6 Å². The van der Waals surface area contributed by atoms with Crippen molar-refractivity contribution in [3.63, 3.8) is 0 Å². The molecule has 2 fully saturated rings. The van der Waals surface area contributed by atoms with E-state index in [0.29, 0.717) is 5.82 Å². The van der Waals surface area contributed by atoms with Gasteiger partial charge in [0.05, 0.1) is 6.42 Å². The lowest BCUT2D eigenvalue weighted by Crippen LogP contribution is -2.41. The summed E-state index contributed by atoms with van der Waals surface area (Å²) < 4.78 is 0. The maximum Gasteiger partial charge on any atom is 0.252 e. The van der Waals surface area contributed by atoms with Gasteiger partial charge in [-0.25, -0.2) is 4.98 Å². The van der Waals surface area contributed by atoms with Gasteiger partial charge >= 0.3 is 0 Å². The first-order valence-electron chi connectivity index (χ1n) is 6.79. The Labute approximate surface area is 112 Å². The van der Waals surface area contributed by atoms with E-state index in [1.165, 1.54) is 4.90 Å². The maximum absolute atomic E-state index is 12.3. The number of nitrogens with zero attached hydrogens (tertiary/aromatic N) is 2. The van der Waals surface area contributed by atoms with Crippen molar-refractivity contribution in [1.29, 1.82) is 0 Å². The van der Waals surface area contributed by atoms with Crippen LogP contribution < -0.4 is 5.32 Å². The zero-order valence-electron chi connectivity index (χ0n) is 10.7. The van der Waals surface area contributed by atoms with Gasteiger partial charge in [-0.05, 0) is 25.0 Å². The van der Waals surface area contributed by atoms with Crippen LogP contribution in [-0.2, 0) is 9.59 Å². The summed E-state index contributed by atoms with van der Waals surface area (Å²) >= 11 is 0. The predicted molar refractivity (Wildman–Crippen MR) is 70.4 cm³/mol. The van der Waals surface area contributed by atoms with Gasteiger partial charge in [0.1, 0.15) is 11.9 Å². The molecule has 2 heterocycles. The number of amides is 2. The van der Waals surface area contributed by atoms with Crippen LogP contribution in [0.25, 0.3) is 0 Å². The van der Waals surface area contributed by atoms with Crippen LogP contribution in [0.2, 0.25) is 0 Å². The van der Waals surface area contributed by atoms with Crippen LogP contribution >= 0.6 is 0 Å². The minimum Gasteiger partial charge on any atom is -0.358 e. The van der Waals surface area contributed by atoms with Gasteiger partial charge in [-0.1, -0.05) is 18.9 Å². The predicted octanol–water partition coefficient (Wildman–Crippen LogP) is 1.56. The van der Waals surface area contributed by atoms with Crippen LogP contribution in [-0.4, -0.2) is 33.8 Å². The molecule has 5 nitrogen and oxygen atoms in total. The number of aromatic nitrogens is 1. The Morgan fingerprint density at radius 1 is 1.21 bits per heavy atom. The molecule has 0 bridgehead atoms. The monoisotopic (exact) mass is 259 g/mol. The van der Waals surface area contributed by atoms with E-state index in [1.54, 1.807) is 12.3 Å². The molecule has 2 aliphatic rings. The molecule has 100 valence electrons. The van der Waals surface area contributed by atoms with Gasteiger partial charge in [-0.3, -0.25) is 14.5 Å². The van der Waals surface area contributed by atoms with Crippen LogP contribution in [0, 0.1) is 0 Å². The van der Waals surface area contributed by atoms with Crippen LogP contribution in [0.3, 0.4) is 0 Å². The van der Waals surface area contributed by atoms with Gasteiger partial charge in [0.15, 0.2) is 0 Å². The molecule has 1 atom stereocenters. The Morgan fingerprint density at radius 3 is 2.68 bits per heavy atom. The number of hydrogen-bond donors (Lipinski definition) is 1. The highest BCUT2D eigenvalue weighted by molar-refractivity contribution is 6.07. The van der Waals surface area contributed by atoms with Gasteiger partial charge in [0, 0.05) is 12.2 Å². The van der Waals surface area contributed by atoms with E-state index in [0.717, 1.165) is 25.7 Å². The van der Waals surface area contributed by atoms with Crippen molar-refractivity contribution in [3.05, 3.63) is 24.4 Å². The van der Waals surface area contributed by atoms with E-state index in [4.69, 9.17) is 0 Å². The smallest absolute Gasteiger partial charge is 0.252 e. The van der Waals surface area contributed by atoms with Crippen molar-refractivity contribution in [3.8, 4) is 0 Å². The molecule has 1 saturated heterocycles. The lowest BCUT2D eigenvalue weighted by Gasteiger charge is -2.22. The standard InChI is InChI=1S/C14H17N3O2/c18-13-9-11(16-12-7-3-4-8-15-12)14(19)17(13)10-5-1-2-6-10/h3-4,7-8,10-11H,1-2,5-6,9H2,(H,15,16). The second-order valence-electron chi connectivity index (χ2n) is 5.16. The molecule has 1 aromatic heterocycles. The van der Waals surface area contributed by atoms with Crippen LogP contribution in [0.15, 0.2) is 24.4 Å². The summed E-state index contributed by atoms with van der Waals surface area (Å²) in [5, 5.41) is 3.05. The van der Waals surface area contributed by atoms with Crippen molar-refractivity contribution in [2.24, 2.45) is 0 Å². The summed E-state index contributed by atoms with van der Waals surface area (Å²) in [5.41, 5.74) is 0. The number of pyridine rings is 1. The molecule has 2 amide bonds. The molecule has 5 heteroatoms. The molecule has 0 radical (unpaired) electrons. The average Bonchev–Trinajstić information content (AvgIpc) is 3.01. The number of carbonyl (C=O) groups is 2. The van der Waals surface area contributed by atoms with E-state index >= 15 is 0 Å². The Hall–Kier alpha value is -1.91. The van der Waals surface area contributed by atoms with E-state index in [1.807, 2.05) is 12.1 Å². The SMILES string of the molecule is O=C1CC(Nc2ccccn2)C(=O)N1C1CCCC1. The van der Waals surface area contributed by atoms with E-state index < -0.39 is 6.04 Å². The van der Waals surface area contributed by atoms with Gasteiger partial charge < -0.3 is 5.32 Å². The summed E-state index contributed by atoms with van der Waals surface area (Å²) in [7, 11) is 0. The fraction of sp³-hybridized carbons (Fsp3) is 0.500. The fourth-order valence-electron chi connectivity index (χ4n) is 2.94. The highest BCUT2D eigenvalue weighted by Crippen LogP contribution is 2.28. The van der Waals surface area contributed by atoms with Crippen molar-refractivity contribution in [2.75, 3.05) is 5.32 Å². The summed E-state index contributed by atoms with van der Waals surface area (Å²) in [6.45, 7) is 0. The Morgan fingerprint density at radius 2 is 2.00 bits per heavy atom. The average molecular weight is 259 g/mol. The van der Waals surface area contributed by atoms with Crippen molar-refractivity contribution < 1.29 is 9.59 Å². The maximum atomic E-state index is 12.3. The number of likely N-dealkylation sites (tertiary alicyclic amines) is 1. The minimum absolute atomic E-state index is 0.0506. The highest BCUT2D eigenvalue weighted by Gasteiger charge is 2.43. The van der Waals surface area contributed by atoms with Gasteiger partial charge in [-0.15, -0.1) is 0 Å². The molecule has 0 spiro atoms. The molecular weight excluding hydrogens is 242 g/mol. The molecule has 1 aliphatic carbocycles. The van der Waals surface area contributed by atoms with Crippen LogP contribution in [0.4, 0.5) is 5.82 Å². The molecule has 0 aromatic carbocycles. The molecule has 1 N–H and O–H groups in total. The molecule has 1 aromatic rings. The first-order chi connectivity index (χ1) is 9.25. The van der Waals surface area contributed by atoms with E-state index in [-0.39, 0.29) is 24.3 Å². The number of nitrogens with one attached hydrogen (secondary N) is 1. The van der Waals surface area contributed by atoms with Crippen LogP contribution in [0.1, 0.15) is 32.1 Å². The normalized spacial score (nSPS) is 24.2. The topological polar surface area (TPSA) is 62.3 Å². The summed E-state index contributed by atoms with van der Waals surface area (Å²) in [6.07, 6.45) is 6.03. The van der Waals surface area contributed by atoms with E-state index in [9.17, 15) is 9.59 Å². The summed E-state index contributed by atoms with van der Waals surface area (Å²) in [5.74, 6) is 0.495. The third-order valence-corrected chi connectivity index (χ3v) is 3.86. The number of hydrogen-bond acceptors (Lipinski definition) is 4. The summed E-state index contributed by atoms with van der Waals surface area (Å²) in [6, 6.07) is 5.14. The van der Waals surface area contributed by atoms with Gasteiger partial charge in [0.2, 0.25) is 5.91 Å². The number of carbonyl (C=O) groups excluding carboxylic acids is 2. The summed E-state index contributed by atoms with van der Waals surface area (Å²) in [4.78, 5) is 30.0. The molecule has 1 saturated carbocycles. The Bertz CT molecular complexity index is 483. The molecule has 1 aliphatic heterocycles. The first-order valence-corrected chi connectivity index (χ1v) is 6.79. The second-order valence-corrected chi connectivity index (χ2v) is 5.16. The highest BCUT2D eigenvalue weighted by atomic mass is 16.2. The lowest BCUT2D eigenvalue weighted by molar-refractivity contribution is -0.141. The molecule has 3 rings (SSSR count). The minimum atomic E-state index is -0.456. The van der Waals surface area contributed by atoms with E-state index in [2.05, 4.69) is 10.3 Å². The fourth-order valence-corrected chi connectivity index (χ4v) is 2.94. The Kier molecular flexibility index (Phi) is 3.19. The number of imide groups is 1. The van der Waals surface area contributed by atoms with Crippen LogP contribution in [0.5, 0.6) is 0 Å². The zero-order valence-corrected chi connectivity index (χ0v) is 10.7. The third-order valence-electron chi connectivity index (χ3n) is 3.86. The molecule has 19 heavy (non-hydrogen) atoms.